The average molecular weight is 415 g/mol. The molecule has 156 valence electrons. The molecule has 6 heteroatoms. The molecular formula is C23H30N2O3S. The van der Waals surface area contributed by atoms with E-state index in [2.05, 4.69) is 24.5 Å². The van der Waals surface area contributed by atoms with E-state index in [1.165, 1.54) is 0 Å². The van der Waals surface area contributed by atoms with Gasteiger partial charge in [0.2, 0.25) is 0 Å². The highest BCUT2D eigenvalue weighted by molar-refractivity contribution is 7.24. The molecule has 3 aromatic rings. The summed E-state index contributed by atoms with van der Waals surface area (Å²) in [6.45, 7) is 9.33. The maximum atomic E-state index is 12.9. The van der Waals surface area contributed by atoms with Crippen LogP contribution in [0.5, 0.6) is 11.5 Å². The van der Waals surface area contributed by atoms with Crippen LogP contribution in [0.15, 0.2) is 41.2 Å². The van der Waals surface area contributed by atoms with Crippen LogP contribution in [0.2, 0.25) is 0 Å². The Morgan fingerprint density at radius 2 is 1.28 bits per heavy atom. The number of fused-ring (bicyclic) bond motifs is 2. The lowest BCUT2D eigenvalue weighted by Crippen LogP contribution is -2.16. The molecule has 0 atom stereocenters. The van der Waals surface area contributed by atoms with E-state index in [1.54, 1.807) is 11.3 Å². The van der Waals surface area contributed by atoms with Gasteiger partial charge in [-0.3, -0.25) is 4.79 Å². The number of hydrogen-bond donors (Lipinski definition) is 2. The highest BCUT2D eigenvalue weighted by atomic mass is 32.1. The van der Waals surface area contributed by atoms with Crippen molar-refractivity contribution in [3.8, 4) is 11.5 Å². The molecule has 0 bridgehead atoms. The fraction of sp³-hybridized carbons (Fsp3) is 0.435. The van der Waals surface area contributed by atoms with Crippen molar-refractivity contribution in [2.24, 2.45) is 0 Å². The summed E-state index contributed by atoms with van der Waals surface area (Å²) in [6, 6.07) is 11.5. The minimum atomic E-state index is 0.0612. The van der Waals surface area contributed by atoms with Gasteiger partial charge in [0, 0.05) is 20.2 Å². The van der Waals surface area contributed by atoms with Crippen molar-refractivity contribution < 1.29 is 9.47 Å². The van der Waals surface area contributed by atoms with E-state index in [0.717, 1.165) is 70.7 Å². The predicted octanol–water partition coefficient (Wildman–Crippen LogP) is 4.17. The Kier molecular flexibility index (Phi) is 8.28. The normalized spacial score (nSPS) is 11.2. The van der Waals surface area contributed by atoms with Gasteiger partial charge < -0.3 is 20.1 Å². The maximum absolute atomic E-state index is 12.9. The minimum Gasteiger partial charge on any atom is -0.493 e. The van der Waals surface area contributed by atoms with Gasteiger partial charge in [-0.05, 0) is 75.4 Å². The summed E-state index contributed by atoms with van der Waals surface area (Å²) in [6.07, 6.45) is 1.91. The number of nitrogens with one attached hydrogen (secondary N) is 2. The summed E-state index contributed by atoms with van der Waals surface area (Å²) in [5.74, 6) is 1.61. The molecule has 0 spiro atoms. The van der Waals surface area contributed by atoms with E-state index in [-0.39, 0.29) is 5.43 Å². The van der Waals surface area contributed by atoms with Crippen LogP contribution in [0.4, 0.5) is 0 Å². The van der Waals surface area contributed by atoms with Gasteiger partial charge in [-0.2, -0.15) is 0 Å². The SMILES string of the molecule is CCNCCCOc1ccc2c(=O)c3ccc(OCCCNCC)cc3sc2c1. The minimum absolute atomic E-state index is 0.0612. The summed E-state index contributed by atoms with van der Waals surface area (Å²) >= 11 is 1.60. The molecule has 0 aliphatic carbocycles. The zero-order valence-corrected chi connectivity index (χ0v) is 18.1. The van der Waals surface area contributed by atoms with Crippen LogP contribution < -0.4 is 25.5 Å². The molecule has 0 fully saturated rings. The summed E-state index contributed by atoms with van der Waals surface area (Å²) in [5.41, 5.74) is 0.0612. The smallest absolute Gasteiger partial charge is 0.195 e. The molecule has 29 heavy (non-hydrogen) atoms. The molecule has 0 radical (unpaired) electrons. The molecule has 3 rings (SSSR count). The van der Waals surface area contributed by atoms with Gasteiger partial charge in [0.1, 0.15) is 11.5 Å². The van der Waals surface area contributed by atoms with Crippen LogP contribution in [0, 0.1) is 0 Å². The van der Waals surface area contributed by atoms with Crippen molar-refractivity contribution in [3.05, 3.63) is 46.6 Å². The van der Waals surface area contributed by atoms with Crippen molar-refractivity contribution in [1.82, 2.24) is 10.6 Å². The van der Waals surface area contributed by atoms with Gasteiger partial charge in [0.05, 0.1) is 13.2 Å². The number of hydrogen-bond acceptors (Lipinski definition) is 6. The molecular weight excluding hydrogens is 384 g/mol. The van der Waals surface area contributed by atoms with Crippen molar-refractivity contribution in [3.63, 3.8) is 0 Å². The fourth-order valence-electron chi connectivity index (χ4n) is 3.12. The third-order valence-electron chi connectivity index (χ3n) is 4.65. The number of benzene rings is 2. The van der Waals surface area contributed by atoms with Crippen molar-refractivity contribution >= 4 is 31.5 Å². The first-order chi connectivity index (χ1) is 14.2. The first-order valence-corrected chi connectivity index (χ1v) is 11.2. The molecule has 0 unspecified atom stereocenters. The van der Waals surface area contributed by atoms with Crippen LogP contribution in [0.3, 0.4) is 0 Å². The summed E-state index contributed by atoms with van der Waals surface area (Å²) in [7, 11) is 0. The highest BCUT2D eigenvalue weighted by Crippen LogP contribution is 2.30. The second kappa shape index (κ2) is 11.1. The fourth-order valence-corrected chi connectivity index (χ4v) is 4.25. The Morgan fingerprint density at radius 3 is 1.72 bits per heavy atom. The van der Waals surface area contributed by atoms with Gasteiger partial charge in [0.15, 0.2) is 5.43 Å². The largest absolute Gasteiger partial charge is 0.493 e. The Bertz CT molecular complexity index is 912. The third-order valence-corrected chi connectivity index (χ3v) is 5.76. The van der Waals surface area contributed by atoms with Crippen molar-refractivity contribution in [2.75, 3.05) is 39.4 Å². The quantitative estimate of drug-likeness (QED) is 0.344. The second-order valence-corrected chi connectivity index (χ2v) is 7.94. The molecule has 1 aromatic heterocycles. The Balaban J connectivity index is 1.75. The number of rotatable bonds is 12. The van der Waals surface area contributed by atoms with Crippen LogP contribution in [0.25, 0.3) is 20.2 Å². The highest BCUT2D eigenvalue weighted by Gasteiger charge is 2.09. The molecule has 2 N–H and O–H groups in total. The van der Waals surface area contributed by atoms with Gasteiger partial charge >= 0.3 is 0 Å². The number of ether oxygens (including phenoxy) is 2. The molecule has 0 aliphatic heterocycles. The van der Waals surface area contributed by atoms with Crippen LogP contribution in [-0.2, 0) is 0 Å². The lowest BCUT2D eigenvalue weighted by molar-refractivity contribution is 0.309. The van der Waals surface area contributed by atoms with E-state index in [0.29, 0.717) is 13.2 Å². The lowest BCUT2D eigenvalue weighted by atomic mass is 10.2. The van der Waals surface area contributed by atoms with Crippen LogP contribution in [-0.4, -0.2) is 39.4 Å². The third kappa shape index (κ3) is 5.92. The maximum Gasteiger partial charge on any atom is 0.195 e. The standard InChI is InChI=1S/C23H30N2O3S/c1-3-24-11-5-13-27-17-7-9-19-21(15-17)29-22-16-18(8-10-20(22)23(19)26)28-14-6-12-25-4-2/h7-10,15-16,24-25H,3-6,11-14H2,1-2H3. The predicted molar refractivity (Wildman–Crippen MR) is 123 cm³/mol. The summed E-state index contributed by atoms with van der Waals surface area (Å²) < 4.78 is 13.6. The molecule has 0 aliphatic rings. The topological polar surface area (TPSA) is 59.6 Å². The second-order valence-electron chi connectivity index (χ2n) is 6.86. The van der Waals surface area contributed by atoms with Crippen molar-refractivity contribution in [2.45, 2.75) is 26.7 Å². The Labute approximate surface area is 176 Å². The molecule has 1 heterocycles. The van der Waals surface area contributed by atoms with E-state index < -0.39 is 0 Å². The lowest BCUT2D eigenvalue weighted by Gasteiger charge is -2.09. The summed E-state index contributed by atoms with van der Waals surface area (Å²) in [5, 5.41) is 8.05. The van der Waals surface area contributed by atoms with Gasteiger partial charge in [-0.1, -0.05) is 13.8 Å². The van der Waals surface area contributed by atoms with Gasteiger partial charge in [-0.25, -0.2) is 0 Å². The van der Waals surface area contributed by atoms with E-state index >= 15 is 0 Å². The van der Waals surface area contributed by atoms with Crippen molar-refractivity contribution in [1.29, 1.82) is 0 Å². The van der Waals surface area contributed by atoms with E-state index in [9.17, 15) is 4.79 Å². The van der Waals surface area contributed by atoms with Gasteiger partial charge in [0.25, 0.3) is 0 Å². The van der Waals surface area contributed by atoms with Crippen LogP contribution >= 0.6 is 11.3 Å². The first-order valence-electron chi connectivity index (χ1n) is 10.4. The first kappa shape index (κ1) is 21.6. The van der Waals surface area contributed by atoms with Gasteiger partial charge in [-0.15, -0.1) is 11.3 Å². The van der Waals surface area contributed by atoms with E-state index in [1.807, 2.05) is 36.4 Å². The molecule has 2 aromatic carbocycles. The molecule has 0 amide bonds. The Hall–Kier alpha value is -2.15. The average Bonchev–Trinajstić information content (AvgIpc) is 2.73. The molecule has 0 saturated carbocycles. The molecule has 0 saturated heterocycles. The molecule has 5 nitrogen and oxygen atoms in total. The zero-order chi connectivity index (χ0) is 20.5. The summed E-state index contributed by atoms with van der Waals surface area (Å²) in [4.78, 5) is 12.9. The van der Waals surface area contributed by atoms with Crippen LogP contribution in [0.1, 0.15) is 26.7 Å². The zero-order valence-electron chi connectivity index (χ0n) is 17.3. The Morgan fingerprint density at radius 1 is 0.793 bits per heavy atom. The monoisotopic (exact) mass is 414 g/mol. The van der Waals surface area contributed by atoms with E-state index in [4.69, 9.17) is 9.47 Å².